The molecule has 0 aliphatic heterocycles. The van der Waals surface area contributed by atoms with Crippen LogP contribution < -0.4 is 10.6 Å². The van der Waals surface area contributed by atoms with Crippen LogP contribution in [0.4, 0.5) is 4.79 Å². The number of aromatic hydroxyl groups is 1. The molecule has 3 rings (SSSR count). The third-order valence-corrected chi connectivity index (χ3v) is 7.65. The van der Waals surface area contributed by atoms with Crippen molar-refractivity contribution in [2.75, 3.05) is 0 Å². The van der Waals surface area contributed by atoms with Gasteiger partial charge in [0, 0.05) is 19.0 Å². The zero-order valence-electron chi connectivity index (χ0n) is 28.6. The summed E-state index contributed by atoms with van der Waals surface area (Å²) in [5, 5.41) is 15.8. The molecule has 0 radical (unpaired) electrons. The highest BCUT2D eigenvalue weighted by Crippen LogP contribution is 2.30. The summed E-state index contributed by atoms with van der Waals surface area (Å²) >= 11 is 0. The third-order valence-electron chi connectivity index (χ3n) is 7.65. The number of hydrogen-bond acceptors (Lipinski definition) is 5. The Kier molecular flexibility index (Phi) is 12.8. The molecule has 0 spiro atoms. The van der Waals surface area contributed by atoms with Crippen LogP contribution in [-0.4, -0.2) is 45.6 Å². The van der Waals surface area contributed by atoms with E-state index in [1.165, 1.54) is 0 Å². The first kappa shape index (κ1) is 36.1. The second kappa shape index (κ2) is 16.3. The Labute approximate surface area is 274 Å². The lowest BCUT2D eigenvalue weighted by Crippen LogP contribution is -2.56. The van der Waals surface area contributed by atoms with Crippen LogP contribution in [0.15, 0.2) is 72.8 Å². The van der Waals surface area contributed by atoms with Crippen molar-refractivity contribution in [3.05, 3.63) is 101 Å². The van der Waals surface area contributed by atoms with Gasteiger partial charge in [0.15, 0.2) is 0 Å². The summed E-state index contributed by atoms with van der Waals surface area (Å²) in [7, 11) is 0. The van der Waals surface area contributed by atoms with Gasteiger partial charge in [-0.25, -0.2) is 4.79 Å². The Morgan fingerprint density at radius 1 is 0.848 bits per heavy atom. The lowest BCUT2D eigenvalue weighted by molar-refractivity contribution is -0.145. The Morgan fingerprint density at radius 3 is 2.02 bits per heavy atom. The van der Waals surface area contributed by atoms with E-state index in [1.54, 1.807) is 49.9 Å². The fraction of sp³-hybridized carbons (Fsp3) is 0.447. The minimum absolute atomic E-state index is 0.0978. The fourth-order valence-electron chi connectivity index (χ4n) is 5.50. The van der Waals surface area contributed by atoms with Crippen LogP contribution in [0.1, 0.15) is 88.2 Å². The Morgan fingerprint density at radius 2 is 1.46 bits per heavy atom. The first-order valence-electron chi connectivity index (χ1n) is 16.1. The number of amides is 3. The van der Waals surface area contributed by atoms with Crippen molar-refractivity contribution in [3.8, 4) is 5.75 Å². The van der Waals surface area contributed by atoms with E-state index in [2.05, 4.69) is 24.5 Å². The molecule has 248 valence electrons. The van der Waals surface area contributed by atoms with Gasteiger partial charge in [-0.05, 0) is 89.1 Å². The molecule has 46 heavy (non-hydrogen) atoms. The number of aryl methyl sites for hydroxylation is 2. The Balaban J connectivity index is 2.12. The summed E-state index contributed by atoms with van der Waals surface area (Å²) in [5.74, 6) is -0.215. The smallest absolute Gasteiger partial charge is 0.408 e. The SMILES string of the molecule is Cc1cc(C)cc(C(C(=O)NCc2ccccc2)N(C(=O)C(Cc2ccc(O)cc2)NC(=O)OC(C)(C)C)C(C)CCC(C)C)c1. The van der Waals surface area contributed by atoms with Crippen LogP contribution in [-0.2, 0) is 27.3 Å². The van der Waals surface area contributed by atoms with Gasteiger partial charge in [0.25, 0.3) is 0 Å². The van der Waals surface area contributed by atoms with Gasteiger partial charge in [0.05, 0.1) is 0 Å². The minimum atomic E-state index is -1.05. The number of phenolic OH excluding ortho intramolecular Hbond substituents is 1. The molecule has 3 N–H and O–H groups in total. The van der Waals surface area contributed by atoms with Gasteiger partial charge in [-0.15, -0.1) is 0 Å². The number of rotatable bonds is 13. The first-order valence-corrected chi connectivity index (χ1v) is 16.1. The van der Waals surface area contributed by atoms with Gasteiger partial charge in [0.2, 0.25) is 11.8 Å². The number of carbonyl (C=O) groups is 3. The Bertz CT molecular complexity index is 1430. The van der Waals surface area contributed by atoms with Gasteiger partial charge in [-0.2, -0.15) is 0 Å². The predicted molar refractivity (Wildman–Crippen MR) is 182 cm³/mol. The maximum Gasteiger partial charge on any atom is 0.408 e. The molecule has 3 unspecified atom stereocenters. The van der Waals surface area contributed by atoms with Gasteiger partial charge >= 0.3 is 6.09 Å². The molecule has 3 atom stereocenters. The molecular formula is C38H51N3O5. The lowest BCUT2D eigenvalue weighted by Gasteiger charge is -2.39. The first-order chi connectivity index (χ1) is 21.6. The number of ether oxygens (including phenoxy) is 1. The van der Waals surface area contributed by atoms with Gasteiger partial charge in [-0.1, -0.05) is 85.6 Å². The predicted octanol–water partition coefficient (Wildman–Crippen LogP) is 7.16. The van der Waals surface area contributed by atoms with Gasteiger partial charge in [-0.3, -0.25) is 9.59 Å². The highest BCUT2D eigenvalue weighted by Gasteiger charge is 2.39. The zero-order chi connectivity index (χ0) is 34.0. The van der Waals surface area contributed by atoms with Crippen molar-refractivity contribution in [2.45, 2.75) is 105 Å². The highest BCUT2D eigenvalue weighted by atomic mass is 16.6. The molecule has 0 aliphatic rings. The molecule has 3 aromatic carbocycles. The quantitative estimate of drug-likeness (QED) is 0.186. The maximum absolute atomic E-state index is 14.9. The molecule has 8 heteroatoms. The maximum atomic E-state index is 14.9. The molecular weight excluding hydrogens is 578 g/mol. The second-order valence-corrected chi connectivity index (χ2v) is 13.7. The molecule has 3 aromatic rings. The van der Waals surface area contributed by atoms with E-state index in [0.29, 0.717) is 24.4 Å². The van der Waals surface area contributed by atoms with Crippen LogP contribution in [0.5, 0.6) is 5.75 Å². The van der Waals surface area contributed by atoms with Crippen LogP contribution in [0.3, 0.4) is 0 Å². The number of hydrogen-bond donors (Lipinski definition) is 3. The average molecular weight is 630 g/mol. The molecule has 0 saturated heterocycles. The van der Waals surface area contributed by atoms with E-state index < -0.39 is 29.7 Å². The van der Waals surface area contributed by atoms with Crippen LogP contribution in [0.25, 0.3) is 0 Å². The number of phenols is 1. The minimum Gasteiger partial charge on any atom is -0.508 e. The van der Waals surface area contributed by atoms with E-state index in [0.717, 1.165) is 28.7 Å². The van der Waals surface area contributed by atoms with E-state index >= 15 is 0 Å². The van der Waals surface area contributed by atoms with Crippen molar-refractivity contribution >= 4 is 17.9 Å². The number of nitrogens with one attached hydrogen (secondary N) is 2. The van der Waals surface area contributed by atoms with Crippen molar-refractivity contribution < 1.29 is 24.2 Å². The topological polar surface area (TPSA) is 108 Å². The van der Waals surface area contributed by atoms with Crippen LogP contribution >= 0.6 is 0 Å². The van der Waals surface area contributed by atoms with Crippen molar-refractivity contribution in [1.82, 2.24) is 15.5 Å². The summed E-state index contributed by atoms with van der Waals surface area (Å²) in [6, 6.07) is 19.8. The number of alkyl carbamates (subject to hydrolysis) is 1. The fourth-order valence-corrected chi connectivity index (χ4v) is 5.50. The van der Waals surface area contributed by atoms with Gasteiger partial charge in [0.1, 0.15) is 23.4 Å². The molecule has 8 nitrogen and oxygen atoms in total. The summed E-state index contributed by atoms with van der Waals surface area (Å²) < 4.78 is 5.57. The normalized spacial score (nSPS) is 13.4. The molecule has 0 heterocycles. The zero-order valence-corrected chi connectivity index (χ0v) is 28.6. The number of benzene rings is 3. The average Bonchev–Trinajstić information content (AvgIpc) is 2.97. The molecule has 0 bridgehead atoms. The monoisotopic (exact) mass is 629 g/mol. The van der Waals surface area contributed by atoms with Gasteiger partial charge < -0.3 is 25.4 Å². The van der Waals surface area contributed by atoms with Crippen LogP contribution in [0.2, 0.25) is 0 Å². The lowest BCUT2D eigenvalue weighted by atomic mass is 9.94. The van der Waals surface area contributed by atoms with E-state index in [-0.39, 0.29) is 24.1 Å². The summed E-state index contributed by atoms with van der Waals surface area (Å²) in [6.45, 7) is 15.8. The standard InChI is InChI=1S/C38H51N3O5/c1-25(2)14-15-28(5)41(36(44)33(40-37(45)46-38(6,7)8)23-29-16-18-32(42)19-17-29)34(31-21-26(3)20-27(4)22-31)35(43)39-24-30-12-10-9-11-13-30/h9-13,16-22,25,28,33-34,42H,14-15,23-24H2,1-8H3,(H,39,43)(H,40,45). The number of carbonyl (C=O) groups excluding carboxylic acids is 3. The van der Waals surface area contributed by atoms with Crippen molar-refractivity contribution in [2.24, 2.45) is 5.92 Å². The van der Waals surface area contributed by atoms with E-state index in [4.69, 9.17) is 4.74 Å². The van der Waals surface area contributed by atoms with E-state index in [9.17, 15) is 19.5 Å². The summed E-state index contributed by atoms with van der Waals surface area (Å²) in [6.07, 6.45) is 0.917. The van der Waals surface area contributed by atoms with Crippen LogP contribution in [0, 0.1) is 19.8 Å². The van der Waals surface area contributed by atoms with E-state index in [1.807, 2.05) is 69.3 Å². The molecule has 0 saturated carbocycles. The highest BCUT2D eigenvalue weighted by molar-refractivity contribution is 5.92. The number of nitrogens with zero attached hydrogens (tertiary/aromatic N) is 1. The van der Waals surface area contributed by atoms with Crippen molar-refractivity contribution in [3.63, 3.8) is 0 Å². The second-order valence-electron chi connectivity index (χ2n) is 13.7. The molecule has 0 aromatic heterocycles. The largest absolute Gasteiger partial charge is 0.508 e. The molecule has 0 aliphatic carbocycles. The summed E-state index contributed by atoms with van der Waals surface area (Å²) in [4.78, 5) is 44.0. The Hall–Kier alpha value is -4.33. The molecule has 3 amide bonds. The van der Waals surface area contributed by atoms with Crippen molar-refractivity contribution in [1.29, 1.82) is 0 Å². The third kappa shape index (κ3) is 11.2. The molecule has 0 fully saturated rings. The summed E-state index contributed by atoms with van der Waals surface area (Å²) in [5.41, 5.74) is 3.56.